The van der Waals surface area contributed by atoms with Crippen LogP contribution in [0.1, 0.15) is 43.2 Å². The zero-order valence-corrected chi connectivity index (χ0v) is 34.3. The van der Waals surface area contributed by atoms with Crippen molar-refractivity contribution < 1.29 is 0 Å². The van der Waals surface area contributed by atoms with Gasteiger partial charge in [0.25, 0.3) is 0 Å². The first-order chi connectivity index (χ1) is 30.2. The van der Waals surface area contributed by atoms with Gasteiger partial charge in [-0.2, -0.15) is 0 Å². The number of para-hydroxylation sites is 1. The number of hydrogen-bond donors (Lipinski definition) is 0. The third-order valence-electron chi connectivity index (χ3n) is 13.3. The van der Waals surface area contributed by atoms with Gasteiger partial charge in [-0.25, -0.2) is 0 Å². The molecule has 0 radical (unpaired) electrons. The van der Waals surface area contributed by atoms with Crippen LogP contribution in [-0.4, -0.2) is 0 Å². The van der Waals surface area contributed by atoms with E-state index in [1.807, 2.05) is 0 Å². The molecular formula is C60H47N. The maximum atomic E-state index is 2.49. The Morgan fingerprint density at radius 2 is 0.705 bits per heavy atom. The summed E-state index contributed by atoms with van der Waals surface area (Å²) in [6.45, 7) is 0. The Kier molecular flexibility index (Phi) is 9.51. The van der Waals surface area contributed by atoms with Gasteiger partial charge < -0.3 is 4.90 Å². The Balaban J connectivity index is 1.07. The quantitative estimate of drug-likeness (QED) is 0.148. The number of hydrogen-bond acceptors (Lipinski definition) is 1. The van der Waals surface area contributed by atoms with Gasteiger partial charge in [0.1, 0.15) is 0 Å². The van der Waals surface area contributed by atoms with E-state index in [1.54, 1.807) is 0 Å². The van der Waals surface area contributed by atoms with E-state index in [1.165, 1.54) is 110 Å². The van der Waals surface area contributed by atoms with Gasteiger partial charge >= 0.3 is 0 Å². The summed E-state index contributed by atoms with van der Waals surface area (Å²) in [7, 11) is 0. The van der Waals surface area contributed by atoms with E-state index >= 15 is 0 Å². The van der Waals surface area contributed by atoms with Crippen molar-refractivity contribution in [3.8, 4) is 66.8 Å². The summed E-state index contributed by atoms with van der Waals surface area (Å²) in [5, 5.41) is 0. The molecule has 2 aliphatic rings. The Morgan fingerprint density at radius 3 is 1.34 bits per heavy atom. The van der Waals surface area contributed by atoms with E-state index in [4.69, 9.17) is 0 Å². The fourth-order valence-electron chi connectivity index (χ4n) is 10.4. The molecule has 0 N–H and O–H groups in total. The van der Waals surface area contributed by atoms with Gasteiger partial charge in [0.2, 0.25) is 0 Å². The molecule has 61 heavy (non-hydrogen) atoms. The van der Waals surface area contributed by atoms with Crippen molar-refractivity contribution in [2.75, 3.05) is 4.90 Å². The van der Waals surface area contributed by atoms with Crippen LogP contribution in [0.25, 0.3) is 66.8 Å². The first-order valence-electron chi connectivity index (χ1n) is 21.9. The molecule has 0 aliphatic heterocycles. The van der Waals surface area contributed by atoms with Gasteiger partial charge in [0.15, 0.2) is 0 Å². The highest BCUT2D eigenvalue weighted by Crippen LogP contribution is 2.57. The number of nitrogens with zero attached hydrogens (tertiary/aromatic N) is 1. The van der Waals surface area contributed by atoms with Crippen LogP contribution in [0, 0.1) is 0 Å². The largest absolute Gasteiger partial charge is 0.310 e. The molecule has 9 aromatic carbocycles. The lowest BCUT2D eigenvalue weighted by Crippen LogP contribution is -2.28. The van der Waals surface area contributed by atoms with Crippen molar-refractivity contribution in [1.29, 1.82) is 0 Å². The third-order valence-corrected chi connectivity index (χ3v) is 13.3. The SMILES string of the molecule is c1ccc(-c2ccc(-c3ccc(N(c4ccc5c(c4)-c4ccccc4C54CCCCC4)c4ccccc4-c4ccccc4-c4ccccc4-c4ccccc4)cc3)cc2)cc1. The molecule has 2 aliphatic carbocycles. The van der Waals surface area contributed by atoms with Gasteiger partial charge in [-0.3, -0.25) is 0 Å². The second-order valence-electron chi connectivity index (χ2n) is 16.7. The second-order valence-corrected chi connectivity index (χ2v) is 16.7. The maximum absolute atomic E-state index is 2.49. The van der Waals surface area contributed by atoms with E-state index in [0.717, 1.165) is 17.1 Å². The van der Waals surface area contributed by atoms with Crippen molar-refractivity contribution in [2.24, 2.45) is 0 Å². The molecule has 1 spiro atoms. The zero-order valence-electron chi connectivity index (χ0n) is 34.3. The topological polar surface area (TPSA) is 3.24 Å². The number of rotatable bonds is 8. The molecule has 1 nitrogen and oxygen atoms in total. The summed E-state index contributed by atoms with van der Waals surface area (Å²) in [6, 6.07) is 82.8. The van der Waals surface area contributed by atoms with Crippen molar-refractivity contribution >= 4 is 17.1 Å². The average Bonchev–Trinajstić information content (AvgIpc) is 3.60. The first kappa shape index (κ1) is 36.8. The van der Waals surface area contributed by atoms with E-state index in [2.05, 4.69) is 229 Å². The van der Waals surface area contributed by atoms with Crippen molar-refractivity contribution in [3.05, 3.63) is 236 Å². The Labute approximate surface area is 360 Å². The minimum Gasteiger partial charge on any atom is -0.310 e. The van der Waals surface area contributed by atoms with E-state index < -0.39 is 0 Å². The van der Waals surface area contributed by atoms with Crippen LogP contribution in [0.15, 0.2) is 224 Å². The molecule has 1 heteroatoms. The molecule has 0 aromatic heterocycles. The van der Waals surface area contributed by atoms with Crippen molar-refractivity contribution in [3.63, 3.8) is 0 Å². The Bertz CT molecular complexity index is 2970. The predicted octanol–water partition coefficient (Wildman–Crippen LogP) is 16.7. The lowest BCUT2D eigenvalue weighted by atomic mass is 9.68. The fraction of sp³-hybridized carbons (Fsp3) is 0.100. The predicted molar refractivity (Wildman–Crippen MR) is 258 cm³/mol. The van der Waals surface area contributed by atoms with Crippen LogP contribution in [-0.2, 0) is 5.41 Å². The molecule has 0 unspecified atom stereocenters. The van der Waals surface area contributed by atoms with E-state index in [0.29, 0.717) is 0 Å². The van der Waals surface area contributed by atoms with Crippen LogP contribution in [0.3, 0.4) is 0 Å². The summed E-state index contributed by atoms with van der Waals surface area (Å²) < 4.78 is 0. The highest BCUT2D eigenvalue weighted by atomic mass is 15.1. The molecule has 0 saturated heterocycles. The van der Waals surface area contributed by atoms with Crippen LogP contribution in [0.5, 0.6) is 0 Å². The van der Waals surface area contributed by atoms with E-state index in [9.17, 15) is 0 Å². The van der Waals surface area contributed by atoms with Crippen LogP contribution < -0.4 is 4.90 Å². The zero-order chi connectivity index (χ0) is 40.6. The smallest absolute Gasteiger partial charge is 0.0540 e. The number of fused-ring (bicyclic) bond motifs is 5. The molecule has 0 atom stereocenters. The molecule has 9 aromatic rings. The molecule has 1 saturated carbocycles. The maximum Gasteiger partial charge on any atom is 0.0540 e. The lowest BCUT2D eigenvalue weighted by Gasteiger charge is -2.36. The van der Waals surface area contributed by atoms with Gasteiger partial charge in [0.05, 0.1) is 5.69 Å². The van der Waals surface area contributed by atoms with Crippen molar-refractivity contribution in [1.82, 2.24) is 0 Å². The van der Waals surface area contributed by atoms with Gasteiger partial charge in [-0.15, -0.1) is 0 Å². The number of benzene rings is 9. The van der Waals surface area contributed by atoms with Gasteiger partial charge in [0, 0.05) is 22.4 Å². The monoisotopic (exact) mass is 781 g/mol. The molecule has 1 fully saturated rings. The molecule has 11 rings (SSSR count). The highest BCUT2D eigenvalue weighted by molar-refractivity contribution is 5.98. The third kappa shape index (κ3) is 6.58. The minimum absolute atomic E-state index is 0.105. The summed E-state index contributed by atoms with van der Waals surface area (Å²) in [5.74, 6) is 0. The van der Waals surface area contributed by atoms with Crippen LogP contribution in [0.4, 0.5) is 17.1 Å². The van der Waals surface area contributed by atoms with Crippen molar-refractivity contribution in [2.45, 2.75) is 37.5 Å². The second kappa shape index (κ2) is 15.8. The minimum atomic E-state index is 0.105. The van der Waals surface area contributed by atoms with Gasteiger partial charge in [-0.05, 0) is 115 Å². The van der Waals surface area contributed by atoms with Crippen LogP contribution >= 0.6 is 0 Å². The average molecular weight is 782 g/mol. The summed E-state index contributed by atoms with van der Waals surface area (Å²) in [6.07, 6.45) is 6.33. The highest BCUT2D eigenvalue weighted by Gasteiger charge is 2.43. The normalized spacial score (nSPS) is 13.7. The van der Waals surface area contributed by atoms with Crippen LogP contribution in [0.2, 0.25) is 0 Å². The van der Waals surface area contributed by atoms with E-state index in [-0.39, 0.29) is 5.41 Å². The molecule has 292 valence electrons. The molecule has 0 amide bonds. The lowest BCUT2D eigenvalue weighted by molar-refractivity contribution is 0.353. The summed E-state index contributed by atoms with van der Waals surface area (Å²) >= 11 is 0. The summed E-state index contributed by atoms with van der Waals surface area (Å²) in [5.41, 5.74) is 21.5. The first-order valence-corrected chi connectivity index (χ1v) is 21.9. The Hall–Kier alpha value is -7.22. The van der Waals surface area contributed by atoms with Gasteiger partial charge in [-0.1, -0.05) is 213 Å². The molecule has 0 heterocycles. The standard InChI is InChI=1S/C60H47N/c1-4-18-43(19-5-1)44-30-32-45(33-31-44)46-34-36-48(37-35-46)61(49-38-39-58-56(42-49)54-26-12-14-28-57(54)60(58)40-16-3-17-41-60)59-29-15-13-27-55(59)53-25-11-10-24-52(53)51-23-9-8-22-50(51)47-20-6-2-7-21-47/h1-2,4-15,18-39,42H,3,16-17,40-41H2. The number of anilines is 3. The molecule has 0 bridgehead atoms. The summed E-state index contributed by atoms with van der Waals surface area (Å²) in [4.78, 5) is 2.49. The molecular weight excluding hydrogens is 735 g/mol. The fourth-order valence-corrected chi connectivity index (χ4v) is 10.4. The Morgan fingerprint density at radius 1 is 0.279 bits per heavy atom.